The van der Waals surface area contributed by atoms with E-state index in [9.17, 15) is 13.2 Å². The molecular formula is C9H13NO7S. The highest BCUT2D eigenvalue weighted by molar-refractivity contribution is 7.89. The van der Waals surface area contributed by atoms with Crippen molar-refractivity contribution < 1.29 is 32.9 Å². The molecule has 0 fully saturated rings. The molecule has 0 spiro atoms. The lowest BCUT2D eigenvalue weighted by molar-refractivity contribution is 0.0661. The number of rotatable bonds is 6. The van der Waals surface area contributed by atoms with Crippen LogP contribution in [0.2, 0.25) is 0 Å². The van der Waals surface area contributed by atoms with Gasteiger partial charge in [-0.05, 0) is 6.92 Å². The van der Waals surface area contributed by atoms with Gasteiger partial charge in [0, 0.05) is 12.6 Å². The molecule has 102 valence electrons. The first-order valence-corrected chi connectivity index (χ1v) is 6.38. The highest BCUT2D eigenvalue weighted by Crippen LogP contribution is 2.19. The predicted octanol–water partition coefficient (Wildman–Crippen LogP) is -1.08. The Morgan fingerprint density at radius 3 is 2.61 bits per heavy atom. The molecule has 0 saturated carbocycles. The minimum absolute atomic E-state index is 0.0709. The third-order valence-corrected chi connectivity index (χ3v) is 3.62. The minimum Gasteiger partial charge on any atom is -0.475 e. The molecule has 1 unspecified atom stereocenters. The highest BCUT2D eigenvalue weighted by Gasteiger charge is 2.24. The van der Waals surface area contributed by atoms with Crippen LogP contribution in [0.4, 0.5) is 0 Å². The van der Waals surface area contributed by atoms with Crippen LogP contribution in [0.1, 0.15) is 16.3 Å². The number of carboxylic acid groups (broad SMARTS) is 1. The fraction of sp³-hybridized carbons (Fsp3) is 0.444. The molecule has 1 heterocycles. The first-order chi connectivity index (χ1) is 8.27. The van der Waals surface area contributed by atoms with Crippen molar-refractivity contribution >= 4 is 16.0 Å². The van der Waals surface area contributed by atoms with E-state index in [2.05, 4.69) is 0 Å². The Bertz CT molecular complexity index is 533. The van der Waals surface area contributed by atoms with Gasteiger partial charge in [-0.2, -0.15) is 0 Å². The van der Waals surface area contributed by atoms with Crippen molar-refractivity contribution in [3.63, 3.8) is 0 Å². The number of hydrogen-bond acceptors (Lipinski definition) is 6. The fourth-order valence-corrected chi connectivity index (χ4v) is 2.44. The van der Waals surface area contributed by atoms with Gasteiger partial charge >= 0.3 is 5.97 Å². The summed E-state index contributed by atoms with van der Waals surface area (Å²) in [6, 6.07) is 0.880. The van der Waals surface area contributed by atoms with Gasteiger partial charge in [-0.3, -0.25) is 0 Å². The number of carbonyl (C=O) groups is 1. The van der Waals surface area contributed by atoms with E-state index in [1.807, 2.05) is 4.72 Å². The number of sulfonamides is 1. The van der Waals surface area contributed by atoms with Crippen LogP contribution >= 0.6 is 0 Å². The Hall–Kier alpha value is -1.42. The Morgan fingerprint density at radius 1 is 1.56 bits per heavy atom. The lowest BCUT2D eigenvalue weighted by atomic mass is 10.4. The van der Waals surface area contributed by atoms with Gasteiger partial charge in [-0.25, -0.2) is 17.9 Å². The van der Waals surface area contributed by atoms with Crippen molar-refractivity contribution in [3.05, 3.63) is 17.6 Å². The van der Waals surface area contributed by atoms with Crippen molar-refractivity contribution in [1.29, 1.82) is 0 Å². The van der Waals surface area contributed by atoms with Crippen molar-refractivity contribution in [1.82, 2.24) is 4.72 Å². The maximum absolute atomic E-state index is 11.8. The van der Waals surface area contributed by atoms with E-state index >= 15 is 0 Å². The van der Waals surface area contributed by atoms with Gasteiger partial charge in [0.1, 0.15) is 10.7 Å². The summed E-state index contributed by atoms with van der Waals surface area (Å²) in [7, 11) is -3.99. The Balaban J connectivity index is 2.95. The van der Waals surface area contributed by atoms with E-state index in [0.29, 0.717) is 0 Å². The number of aryl methyl sites for hydroxylation is 1. The SMILES string of the molecule is Cc1oc(C(=O)O)cc1S(=O)(=O)NCC(O)CO. The van der Waals surface area contributed by atoms with E-state index in [0.717, 1.165) is 6.07 Å². The third-order valence-electron chi connectivity index (χ3n) is 2.09. The zero-order valence-corrected chi connectivity index (χ0v) is 10.3. The largest absolute Gasteiger partial charge is 0.475 e. The second-order valence-corrected chi connectivity index (χ2v) is 5.26. The van der Waals surface area contributed by atoms with Crippen molar-refractivity contribution in [2.75, 3.05) is 13.2 Å². The maximum atomic E-state index is 11.8. The summed E-state index contributed by atoms with van der Waals surface area (Å²) in [5, 5.41) is 26.3. The molecule has 0 aliphatic heterocycles. The number of furan rings is 1. The molecule has 1 atom stereocenters. The third kappa shape index (κ3) is 3.29. The predicted molar refractivity (Wildman–Crippen MR) is 58.7 cm³/mol. The highest BCUT2D eigenvalue weighted by atomic mass is 32.2. The van der Waals surface area contributed by atoms with Crippen LogP contribution in [-0.2, 0) is 10.0 Å². The summed E-state index contributed by atoms with van der Waals surface area (Å²) in [5.41, 5.74) is 0. The van der Waals surface area contributed by atoms with Crippen LogP contribution in [0, 0.1) is 6.92 Å². The minimum atomic E-state index is -3.99. The van der Waals surface area contributed by atoms with E-state index in [1.54, 1.807) is 0 Å². The van der Waals surface area contributed by atoms with Gasteiger partial charge in [-0.1, -0.05) is 0 Å². The van der Waals surface area contributed by atoms with Gasteiger partial charge in [0.2, 0.25) is 15.8 Å². The Labute approximate surface area is 103 Å². The van der Waals surface area contributed by atoms with Crippen LogP contribution in [0.3, 0.4) is 0 Å². The summed E-state index contributed by atoms with van der Waals surface area (Å²) in [6.07, 6.45) is -1.23. The van der Waals surface area contributed by atoms with Gasteiger partial charge in [0.15, 0.2) is 0 Å². The number of aliphatic hydroxyl groups excluding tert-OH is 2. The molecule has 0 radical (unpaired) electrons. The molecule has 1 aromatic heterocycles. The van der Waals surface area contributed by atoms with Gasteiger partial charge in [0.05, 0.1) is 12.7 Å². The van der Waals surface area contributed by atoms with E-state index in [1.165, 1.54) is 6.92 Å². The first kappa shape index (κ1) is 14.6. The van der Waals surface area contributed by atoms with Crippen molar-refractivity contribution in [2.45, 2.75) is 17.9 Å². The lowest BCUT2D eigenvalue weighted by Gasteiger charge is -2.08. The first-order valence-electron chi connectivity index (χ1n) is 4.90. The van der Waals surface area contributed by atoms with Crippen LogP contribution in [0.15, 0.2) is 15.4 Å². The summed E-state index contributed by atoms with van der Waals surface area (Å²) in [6.45, 7) is 0.336. The van der Waals surface area contributed by atoms with Gasteiger partial charge < -0.3 is 19.7 Å². The molecule has 8 nitrogen and oxygen atoms in total. The Morgan fingerprint density at radius 2 is 2.17 bits per heavy atom. The monoisotopic (exact) mass is 279 g/mol. The number of carboxylic acids is 1. The summed E-state index contributed by atoms with van der Waals surface area (Å²) < 4.78 is 30.3. The molecule has 0 amide bonds. The molecule has 1 aromatic rings. The average Bonchev–Trinajstić information content (AvgIpc) is 2.69. The topological polar surface area (TPSA) is 137 Å². The van der Waals surface area contributed by atoms with E-state index in [4.69, 9.17) is 19.7 Å². The number of hydrogen-bond donors (Lipinski definition) is 4. The van der Waals surface area contributed by atoms with Crippen LogP contribution in [0.5, 0.6) is 0 Å². The van der Waals surface area contributed by atoms with E-state index in [-0.39, 0.29) is 17.2 Å². The Kier molecular flexibility index (Phi) is 4.46. The summed E-state index contributed by atoms with van der Waals surface area (Å²) >= 11 is 0. The standard InChI is InChI=1S/C9H13NO7S/c1-5-8(2-7(17-5)9(13)14)18(15,16)10-3-6(12)4-11/h2,6,10-12H,3-4H2,1H3,(H,13,14). The zero-order valence-electron chi connectivity index (χ0n) is 9.45. The van der Waals surface area contributed by atoms with Crippen molar-refractivity contribution in [2.24, 2.45) is 0 Å². The molecule has 0 aliphatic rings. The van der Waals surface area contributed by atoms with E-state index < -0.39 is 34.5 Å². The summed E-state index contributed by atoms with van der Waals surface area (Å²) in [4.78, 5) is 10.3. The molecule has 1 rings (SSSR count). The molecule has 9 heteroatoms. The molecular weight excluding hydrogens is 266 g/mol. The average molecular weight is 279 g/mol. The smallest absolute Gasteiger partial charge is 0.371 e. The zero-order chi connectivity index (χ0) is 13.9. The number of aliphatic hydroxyl groups is 2. The molecule has 0 saturated heterocycles. The van der Waals surface area contributed by atoms with Crippen LogP contribution in [0.25, 0.3) is 0 Å². The lowest BCUT2D eigenvalue weighted by Crippen LogP contribution is -2.34. The second kappa shape index (κ2) is 5.48. The molecule has 18 heavy (non-hydrogen) atoms. The van der Waals surface area contributed by atoms with Crippen molar-refractivity contribution in [3.8, 4) is 0 Å². The summed E-state index contributed by atoms with van der Waals surface area (Å²) in [5.74, 6) is -1.94. The maximum Gasteiger partial charge on any atom is 0.371 e. The fourth-order valence-electron chi connectivity index (χ4n) is 1.19. The quantitative estimate of drug-likeness (QED) is 0.519. The van der Waals surface area contributed by atoms with Gasteiger partial charge in [-0.15, -0.1) is 0 Å². The molecule has 4 N–H and O–H groups in total. The molecule has 0 bridgehead atoms. The number of aromatic carboxylic acids is 1. The van der Waals surface area contributed by atoms with Crippen LogP contribution in [-0.4, -0.2) is 49.0 Å². The number of nitrogens with one attached hydrogen (secondary N) is 1. The van der Waals surface area contributed by atoms with Crippen LogP contribution < -0.4 is 4.72 Å². The normalized spacial score (nSPS) is 13.5. The van der Waals surface area contributed by atoms with Gasteiger partial charge in [0.25, 0.3) is 0 Å². The second-order valence-electron chi connectivity index (χ2n) is 3.52. The molecule has 0 aliphatic carbocycles. The molecule has 0 aromatic carbocycles.